The normalized spacial score (nSPS) is 14.7. The third kappa shape index (κ3) is 3.81. The smallest absolute Gasteiger partial charge is 0.397 e. The van der Waals surface area contributed by atoms with Crippen LogP contribution in [0.25, 0.3) is 0 Å². The molecule has 1 aromatic rings. The van der Waals surface area contributed by atoms with Crippen LogP contribution in [0.5, 0.6) is 0 Å². The monoisotopic (exact) mass is 290 g/mol. The molecule has 0 spiro atoms. The van der Waals surface area contributed by atoms with Crippen LogP contribution in [0.2, 0.25) is 0 Å². The summed E-state index contributed by atoms with van der Waals surface area (Å²) in [7, 11) is 0. The second-order valence-electron chi connectivity index (χ2n) is 4.73. The van der Waals surface area contributed by atoms with E-state index in [1.165, 1.54) is 0 Å². The largest absolute Gasteiger partial charge is 0.459 e. The van der Waals surface area contributed by atoms with Gasteiger partial charge in [-0.15, -0.1) is 0 Å². The molecule has 0 bridgehead atoms. The van der Waals surface area contributed by atoms with Crippen LogP contribution >= 0.6 is 0 Å². The quantitative estimate of drug-likeness (QED) is 0.679. The maximum Gasteiger partial charge on any atom is 0.397 e. The fraction of sp³-hybridized carbons (Fsp3) is 0.400. The number of piperidine rings is 1. The minimum Gasteiger partial charge on any atom is -0.459 e. The summed E-state index contributed by atoms with van der Waals surface area (Å²) >= 11 is 0. The third-order valence-electron chi connectivity index (χ3n) is 3.20. The van der Waals surface area contributed by atoms with Crippen molar-refractivity contribution in [1.29, 1.82) is 0 Å². The number of hydrogen-bond acceptors (Lipinski definition) is 4. The molecule has 1 N–H and O–H groups in total. The van der Waals surface area contributed by atoms with Gasteiger partial charge < -0.3 is 15.0 Å². The lowest BCUT2D eigenvalue weighted by Gasteiger charge is -2.27. The van der Waals surface area contributed by atoms with Crippen molar-refractivity contribution in [3.8, 4) is 0 Å². The number of anilines is 2. The number of nitrogens with zero attached hydrogens (tertiary/aromatic N) is 1. The molecule has 21 heavy (non-hydrogen) atoms. The molecule has 0 unspecified atom stereocenters. The lowest BCUT2D eigenvalue weighted by atomic mass is 10.1. The van der Waals surface area contributed by atoms with Crippen LogP contribution in [0.4, 0.5) is 11.4 Å². The van der Waals surface area contributed by atoms with Crippen LogP contribution in [0.3, 0.4) is 0 Å². The minimum atomic E-state index is -0.919. The molecule has 1 aromatic carbocycles. The standard InChI is InChI=1S/C15H18N2O4/c1-2-21-15(20)14(19)16-11-6-5-7-12(10-11)17-9-4-3-8-13(17)18/h5-7,10H,2-4,8-9H2,1H3,(H,16,19). The molecule has 1 heterocycles. The van der Waals surface area contributed by atoms with Crippen molar-refractivity contribution in [1.82, 2.24) is 0 Å². The van der Waals surface area contributed by atoms with Crippen LogP contribution in [-0.2, 0) is 19.1 Å². The van der Waals surface area contributed by atoms with E-state index in [4.69, 9.17) is 0 Å². The maximum atomic E-state index is 11.9. The molecular formula is C15H18N2O4. The lowest BCUT2D eigenvalue weighted by molar-refractivity contribution is -0.152. The molecule has 1 saturated heterocycles. The number of ether oxygens (including phenoxy) is 1. The van der Waals surface area contributed by atoms with Gasteiger partial charge in [0.05, 0.1) is 6.61 Å². The predicted molar refractivity (Wildman–Crippen MR) is 77.9 cm³/mol. The van der Waals surface area contributed by atoms with E-state index in [0.717, 1.165) is 18.5 Å². The van der Waals surface area contributed by atoms with Crippen LogP contribution in [0, 0.1) is 0 Å². The van der Waals surface area contributed by atoms with Crippen molar-refractivity contribution in [3.05, 3.63) is 24.3 Å². The van der Waals surface area contributed by atoms with Crippen LogP contribution in [0.15, 0.2) is 24.3 Å². The highest BCUT2D eigenvalue weighted by Crippen LogP contribution is 2.23. The maximum absolute atomic E-state index is 11.9. The third-order valence-corrected chi connectivity index (χ3v) is 3.20. The molecule has 1 aliphatic rings. The summed E-state index contributed by atoms with van der Waals surface area (Å²) in [6.07, 6.45) is 2.42. The summed E-state index contributed by atoms with van der Waals surface area (Å²) in [5.74, 6) is -1.66. The first kappa shape index (κ1) is 15.0. The molecule has 0 aliphatic carbocycles. The first-order valence-corrected chi connectivity index (χ1v) is 7.00. The van der Waals surface area contributed by atoms with Crippen molar-refractivity contribution in [3.63, 3.8) is 0 Å². The van der Waals surface area contributed by atoms with Crippen molar-refractivity contribution >= 4 is 29.2 Å². The molecule has 1 fully saturated rings. The Morgan fingerprint density at radius 2 is 2.14 bits per heavy atom. The molecule has 6 nitrogen and oxygen atoms in total. The van der Waals surface area contributed by atoms with Gasteiger partial charge in [-0.1, -0.05) is 6.07 Å². The topological polar surface area (TPSA) is 75.7 Å². The van der Waals surface area contributed by atoms with Gasteiger partial charge in [-0.05, 0) is 38.0 Å². The van der Waals surface area contributed by atoms with Gasteiger partial charge >= 0.3 is 11.9 Å². The number of rotatable bonds is 3. The zero-order chi connectivity index (χ0) is 15.2. The van der Waals surface area contributed by atoms with E-state index in [-0.39, 0.29) is 12.5 Å². The highest BCUT2D eigenvalue weighted by molar-refractivity contribution is 6.37. The zero-order valence-corrected chi connectivity index (χ0v) is 11.9. The van der Waals surface area contributed by atoms with Crippen molar-refractivity contribution in [2.24, 2.45) is 0 Å². The fourth-order valence-electron chi connectivity index (χ4n) is 2.21. The van der Waals surface area contributed by atoms with E-state index in [0.29, 0.717) is 18.7 Å². The Bertz CT molecular complexity index is 556. The van der Waals surface area contributed by atoms with E-state index in [1.54, 1.807) is 30.0 Å². The molecule has 0 radical (unpaired) electrons. The van der Waals surface area contributed by atoms with Gasteiger partial charge in [-0.3, -0.25) is 9.59 Å². The van der Waals surface area contributed by atoms with E-state index in [1.807, 2.05) is 6.07 Å². The molecular weight excluding hydrogens is 272 g/mol. The molecule has 6 heteroatoms. The van der Waals surface area contributed by atoms with E-state index >= 15 is 0 Å². The Balaban J connectivity index is 2.09. The number of nitrogens with one attached hydrogen (secondary N) is 1. The minimum absolute atomic E-state index is 0.0788. The first-order chi connectivity index (χ1) is 10.1. The fourth-order valence-corrected chi connectivity index (χ4v) is 2.21. The van der Waals surface area contributed by atoms with Crippen molar-refractivity contribution in [2.45, 2.75) is 26.2 Å². The Hall–Kier alpha value is -2.37. The highest BCUT2D eigenvalue weighted by atomic mass is 16.5. The SMILES string of the molecule is CCOC(=O)C(=O)Nc1cccc(N2CCCCC2=O)c1. The second-order valence-corrected chi connectivity index (χ2v) is 4.73. The summed E-state index contributed by atoms with van der Waals surface area (Å²) in [5, 5.41) is 2.47. The van der Waals surface area contributed by atoms with Crippen molar-refractivity contribution < 1.29 is 19.1 Å². The predicted octanol–water partition coefficient (Wildman–Crippen LogP) is 1.71. The average Bonchev–Trinajstić information content (AvgIpc) is 2.48. The molecule has 0 aromatic heterocycles. The molecule has 112 valence electrons. The van der Waals surface area contributed by atoms with Crippen LogP contribution in [-0.4, -0.2) is 30.9 Å². The highest BCUT2D eigenvalue weighted by Gasteiger charge is 2.20. The van der Waals surface area contributed by atoms with E-state index < -0.39 is 11.9 Å². The summed E-state index contributed by atoms with van der Waals surface area (Å²) < 4.78 is 4.62. The van der Waals surface area contributed by atoms with E-state index in [2.05, 4.69) is 10.1 Å². The van der Waals surface area contributed by atoms with Gasteiger partial charge in [-0.25, -0.2) is 4.79 Å². The van der Waals surface area contributed by atoms with Gasteiger partial charge in [0.1, 0.15) is 0 Å². The number of amides is 2. The number of esters is 1. The molecule has 0 saturated carbocycles. The molecule has 2 rings (SSSR count). The van der Waals surface area contributed by atoms with Gasteiger partial charge in [-0.2, -0.15) is 0 Å². The summed E-state index contributed by atoms with van der Waals surface area (Å²) in [6, 6.07) is 6.89. The lowest BCUT2D eigenvalue weighted by Crippen LogP contribution is -2.35. The number of benzene rings is 1. The molecule has 0 atom stereocenters. The Morgan fingerprint density at radius 1 is 1.33 bits per heavy atom. The van der Waals surface area contributed by atoms with Crippen LogP contribution in [0.1, 0.15) is 26.2 Å². The van der Waals surface area contributed by atoms with Crippen LogP contribution < -0.4 is 10.2 Å². The van der Waals surface area contributed by atoms with Gasteiger partial charge in [0.2, 0.25) is 5.91 Å². The molecule has 1 aliphatic heterocycles. The Labute approximate surface area is 123 Å². The van der Waals surface area contributed by atoms with Crippen molar-refractivity contribution in [2.75, 3.05) is 23.4 Å². The summed E-state index contributed by atoms with van der Waals surface area (Å²) in [4.78, 5) is 36.5. The Morgan fingerprint density at radius 3 is 2.86 bits per heavy atom. The van der Waals surface area contributed by atoms with E-state index in [9.17, 15) is 14.4 Å². The number of carbonyl (C=O) groups is 3. The summed E-state index contributed by atoms with van der Waals surface area (Å²) in [6.45, 7) is 2.45. The van der Waals surface area contributed by atoms with Gasteiger partial charge in [0.25, 0.3) is 0 Å². The Kier molecular flexibility index (Phi) is 4.92. The van der Waals surface area contributed by atoms with Gasteiger partial charge in [0.15, 0.2) is 0 Å². The average molecular weight is 290 g/mol. The second kappa shape index (κ2) is 6.88. The number of carbonyl (C=O) groups excluding carboxylic acids is 3. The zero-order valence-electron chi connectivity index (χ0n) is 11.9. The first-order valence-electron chi connectivity index (χ1n) is 7.00. The van der Waals surface area contributed by atoms with Gasteiger partial charge in [0, 0.05) is 24.3 Å². The number of hydrogen-bond donors (Lipinski definition) is 1. The molecule has 2 amide bonds. The summed E-state index contributed by atoms with van der Waals surface area (Å²) in [5.41, 5.74) is 1.19.